The van der Waals surface area contributed by atoms with E-state index in [-0.39, 0.29) is 11.8 Å². The molecule has 1 amide bonds. The van der Waals surface area contributed by atoms with E-state index in [2.05, 4.69) is 4.98 Å². The first-order valence-corrected chi connectivity index (χ1v) is 9.51. The van der Waals surface area contributed by atoms with Gasteiger partial charge in [0, 0.05) is 49.5 Å². The Morgan fingerprint density at radius 2 is 2.11 bits per heavy atom. The number of aliphatic hydroxyl groups is 1. The standard InChI is InChI=1S/C21H25N3O4/c1-13-16-5-4-15(27-3)12-17(16)28-19(13)21(26)24-9-6-14(7-10-24)18(25)20-22-8-11-23(20)2/h4-5,8,11-12,14,18,25H,6-7,9-10H2,1-3H3/t18-/m1/s1. The summed E-state index contributed by atoms with van der Waals surface area (Å²) in [5.41, 5.74) is 1.50. The summed E-state index contributed by atoms with van der Waals surface area (Å²) in [6, 6.07) is 5.58. The van der Waals surface area contributed by atoms with Crippen molar-refractivity contribution >= 4 is 16.9 Å². The molecule has 7 nitrogen and oxygen atoms in total. The molecule has 28 heavy (non-hydrogen) atoms. The van der Waals surface area contributed by atoms with Gasteiger partial charge in [0.15, 0.2) is 5.76 Å². The van der Waals surface area contributed by atoms with Crippen LogP contribution in [0.1, 0.15) is 40.9 Å². The summed E-state index contributed by atoms with van der Waals surface area (Å²) in [7, 11) is 3.48. The van der Waals surface area contributed by atoms with Crippen molar-refractivity contribution in [1.29, 1.82) is 0 Å². The number of aromatic nitrogens is 2. The van der Waals surface area contributed by atoms with Crippen LogP contribution in [0.2, 0.25) is 0 Å². The van der Waals surface area contributed by atoms with Crippen LogP contribution >= 0.6 is 0 Å². The molecular weight excluding hydrogens is 358 g/mol. The number of furan rings is 1. The van der Waals surface area contributed by atoms with E-state index in [0.717, 1.165) is 23.8 Å². The van der Waals surface area contributed by atoms with Crippen LogP contribution in [0.3, 0.4) is 0 Å². The Morgan fingerprint density at radius 1 is 1.36 bits per heavy atom. The molecule has 1 atom stereocenters. The van der Waals surface area contributed by atoms with Crippen LogP contribution in [0, 0.1) is 12.8 Å². The highest BCUT2D eigenvalue weighted by Gasteiger charge is 2.32. The van der Waals surface area contributed by atoms with Crippen molar-refractivity contribution < 1.29 is 19.1 Å². The molecule has 0 saturated carbocycles. The van der Waals surface area contributed by atoms with Gasteiger partial charge in [-0.3, -0.25) is 4.79 Å². The number of carbonyl (C=O) groups excluding carboxylic acids is 1. The predicted octanol–water partition coefficient (Wildman–Crippen LogP) is 3.07. The number of hydrogen-bond donors (Lipinski definition) is 1. The Bertz CT molecular complexity index is 998. The zero-order valence-electron chi connectivity index (χ0n) is 16.4. The maximum Gasteiger partial charge on any atom is 0.289 e. The van der Waals surface area contributed by atoms with Crippen molar-refractivity contribution in [3.8, 4) is 5.75 Å². The molecule has 4 rings (SSSR count). The number of carbonyl (C=O) groups is 1. The van der Waals surface area contributed by atoms with E-state index in [1.165, 1.54) is 0 Å². The Balaban J connectivity index is 1.48. The summed E-state index contributed by atoms with van der Waals surface area (Å²) in [6.45, 7) is 3.08. The molecule has 3 aromatic rings. The third kappa shape index (κ3) is 3.16. The smallest absolute Gasteiger partial charge is 0.289 e. The molecule has 1 aliphatic rings. The van der Waals surface area contributed by atoms with Gasteiger partial charge in [-0.1, -0.05) is 0 Å². The fourth-order valence-corrected chi connectivity index (χ4v) is 3.97. The van der Waals surface area contributed by atoms with E-state index < -0.39 is 6.10 Å². The van der Waals surface area contributed by atoms with Gasteiger partial charge in [0.1, 0.15) is 23.3 Å². The van der Waals surface area contributed by atoms with Crippen molar-refractivity contribution in [1.82, 2.24) is 14.5 Å². The summed E-state index contributed by atoms with van der Waals surface area (Å²) >= 11 is 0. The fraction of sp³-hybridized carbons (Fsp3) is 0.429. The van der Waals surface area contributed by atoms with Crippen molar-refractivity contribution in [2.45, 2.75) is 25.9 Å². The number of amides is 1. The fourth-order valence-electron chi connectivity index (χ4n) is 3.97. The van der Waals surface area contributed by atoms with Crippen molar-refractivity contribution in [2.24, 2.45) is 13.0 Å². The lowest BCUT2D eigenvalue weighted by Gasteiger charge is -2.33. The third-order valence-electron chi connectivity index (χ3n) is 5.74. The second kappa shape index (κ2) is 7.31. The first kappa shape index (κ1) is 18.6. The van der Waals surface area contributed by atoms with Gasteiger partial charge in [-0.25, -0.2) is 4.98 Å². The van der Waals surface area contributed by atoms with Gasteiger partial charge in [0.2, 0.25) is 0 Å². The number of hydrogen-bond acceptors (Lipinski definition) is 5. The van der Waals surface area contributed by atoms with Gasteiger partial charge < -0.3 is 23.7 Å². The highest BCUT2D eigenvalue weighted by molar-refractivity contribution is 5.99. The molecule has 1 fully saturated rings. The van der Waals surface area contributed by atoms with E-state index in [0.29, 0.717) is 36.0 Å². The van der Waals surface area contributed by atoms with Crippen LogP contribution in [-0.4, -0.2) is 45.7 Å². The second-order valence-electron chi connectivity index (χ2n) is 7.39. The van der Waals surface area contributed by atoms with E-state index in [9.17, 15) is 9.90 Å². The number of piperidine rings is 1. The number of fused-ring (bicyclic) bond motifs is 1. The number of nitrogens with zero attached hydrogens (tertiary/aromatic N) is 3. The Hall–Kier alpha value is -2.80. The Labute approximate surface area is 163 Å². The molecule has 1 saturated heterocycles. The monoisotopic (exact) mass is 383 g/mol. The molecule has 7 heteroatoms. The first-order chi connectivity index (χ1) is 13.5. The topological polar surface area (TPSA) is 80.7 Å². The van der Waals surface area contributed by atoms with Crippen LogP contribution in [0.4, 0.5) is 0 Å². The average molecular weight is 383 g/mol. The normalized spacial score (nSPS) is 16.5. The average Bonchev–Trinajstić information content (AvgIpc) is 3.29. The molecule has 0 aliphatic carbocycles. The van der Waals surface area contributed by atoms with Crippen molar-refractivity contribution in [3.05, 3.63) is 47.7 Å². The number of aliphatic hydroxyl groups excluding tert-OH is 1. The maximum atomic E-state index is 13.0. The molecule has 0 unspecified atom stereocenters. The van der Waals surface area contributed by atoms with Crippen molar-refractivity contribution in [2.75, 3.05) is 20.2 Å². The summed E-state index contributed by atoms with van der Waals surface area (Å²) in [4.78, 5) is 19.1. The minimum atomic E-state index is -0.613. The Morgan fingerprint density at radius 3 is 2.75 bits per heavy atom. The lowest BCUT2D eigenvalue weighted by Crippen LogP contribution is -2.40. The lowest BCUT2D eigenvalue weighted by molar-refractivity contribution is 0.0403. The number of benzene rings is 1. The summed E-state index contributed by atoms with van der Waals surface area (Å²) in [6.07, 6.45) is 4.37. The van der Waals surface area contributed by atoms with Crippen LogP contribution in [-0.2, 0) is 7.05 Å². The minimum Gasteiger partial charge on any atom is -0.497 e. The quantitative estimate of drug-likeness (QED) is 0.749. The summed E-state index contributed by atoms with van der Waals surface area (Å²) < 4.78 is 12.9. The van der Waals surface area contributed by atoms with Crippen LogP contribution in [0.25, 0.3) is 11.0 Å². The molecule has 0 bridgehead atoms. The van der Waals surface area contributed by atoms with Gasteiger partial charge >= 0.3 is 0 Å². The number of imidazole rings is 1. The summed E-state index contributed by atoms with van der Waals surface area (Å²) in [5.74, 6) is 1.74. The number of likely N-dealkylation sites (tertiary alicyclic amines) is 1. The molecule has 0 radical (unpaired) electrons. The van der Waals surface area contributed by atoms with Crippen molar-refractivity contribution in [3.63, 3.8) is 0 Å². The number of aryl methyl sites for hydroxylation is 2. The second-order valence-corrected chi connectivity index (χ2v) is 7.39. The molecule has 1 aromatic carbocycles. The SMILES string of the molecule is COc1ccc2c(C)c(C(=O)N3CCC([C@@H](O)c4nccn4C)CC3)oc2c1. The van der Waals surface area contributed by atoms with Crippen LogP contribution in [0.5, 0.6) is 5.75 Å². The lowest BCUT2D eigenvalue weighted by atomic mass is 9.90. The van der Waals surface area contributed by atoms with Gasteiger partial charge in [-0.2, -0.15) is 0 Å². The van der Waals surface area contributed by atoms with Crippen LogP contribution < -0.4 is 4.74 Å². The zero-order chi connectivity index (χ0) is 19.8. The van der Waals surface area contributed by atoms with Gasteiger partial charge in [-0.15, -0.1) is 0 Å². The van der Waals surface area contributed by atoms with Gasteiger partial charge in [0.25, 0.3) is 5.91 Å². The molecule has 0 spiro atoms. The summed E-state index contributed by atoms with van der Waals surface area (Å²) in [5, 5.41) is 11.5. The van der Waals surface area contributed by atoms with E-state index in [1.54, 1.807) is 19.4 Å². The van der Waals surface area contributed by atoms with Gasteiger partial charge in [-0.05, 0) is 37.8 Å². The Kier molecular flexibility index (Phi) is 4.85. The van der Waals surface area contributed by atoms with E-state index in [1.807, 2.05) is 41.8 Å². The molecule has 1 N–H and O–H groups in total. The zero-order valence-corrected chi connectivity index (χ0v) is 16.4. The third-order valence-corrected chi connectivity index (χ3v) is 5.74. The highest BCUT2D eigenvalue weighted by Crippen LogP contribution is 2.33. The predicted molar refractivity (Wildman–Crippen MR) is 104 cm³/mol. The van der Waals surface area contributed by atoms with Crippen LogP contribution in [0.15, 0.2) is 35.0 Å². The largest absolute Gasteiger partial charge is 0.497 e. The molecule has 148 valence electrons. The maximum absolute atomic E-state index is 13.0. The number of methoxy groups -OCH3 is 1. The molecule has 3 heterocycles. The van der Waals surface area contributed by atoms with Gasteiger partial charge in [0.05, 0.1) is 7.11 Å². The molecular formula is C21H25N3O4. The molecule has 2 aromatic heterocycles. The first-order valence-electron chi connectivity index (χ1n) is 9.51. The number of ether oxygens (including phenoxy) is 1. The van der Waals surface area contributed by atoms with E-state index >= 15 is 0 Å². The number of rotatable bonds is 4. The highest BCUT2D eigenvalue weighted by atomic mass is 16.5. The minimum absolute atomic E-state index is 0.0891. The van der Waals surface area contributed by atoms with E-state index in [4.69, 9.17) is 9.15 Å². The molecule has 1 aliphatic heterocycles.